The standard InChI is InChI=1S/C16H18FNO2/c1-10(12-3-5-14(17)6-4-12)18-11(2)13-7-15(19)9-16(20)8-13/h3-11,18-20H,1-2H3/t10-,11?/m1/s1. The van der Waals surface area contributed by atoms with Gasteiger partial charge in [-0.1, -0.05) is 12.1 Å². The molecule has 3 N–H and O–H groups in total. The van der Waals surface area contributed by atoms with E-state index in [9.17, 15) is 14.6 Å². The lowest BCUT2D eigenvalue weighted by Gasteiger charge is -2.21. The van der Waals surface area contributed by atoms with Crippen molar-refractivity contribution < 1.29 is 14.6 Å². The number of halogens is 1. The molecule has 0 heterocycles. The van der Waals surface area contributed by atoms with Crippen molar-refractivity contribution in [2.75, 3.05) is 0 Å². The van der Waals surface area contributed by atoms with Gasteiger partial charge in [0, 0.05) is 18.2 Å². The second-order valence-electron chi connectivity index (χ2n) is 4.94. The van der Waals surface area contributed by atoms with Crippen LogP contribution in [0.2, 0.25) is 0 Å². The van der Waals surface area contributed by atoms with Crippen molar-refractivity contribution in [2.24, 2.45) is 0 Å². The first kappa shape index (κ1) is 14.3. The third kappa shape index (κ3) is 3.48. The summed E-state index contributed by atoms with van der Waals surface area (Å²) in [4.78, 5) is 0. The molecular formula is C16H18FNO2. The smallest absolute Gasteiger partial charge is 0.123 e. The van der Waals surface area contributed by atoms with Crippen LogP contribution in [0.15, 0.2) is 42.5 Å². The largest absolute Gasteiger partial charge is 0.508 e. The second kappa shape index (κ2) is 5.92. The summed E-state index contributed by atoms with van der Waals surface area (Å²) in [6.07, 6.45) is 0. The van der Waals surface area contributed by atoms with Crippen molar-refractivity contribution in [2.45, 2.75) is 25.9 Å². The number of rotatable bonds is 4. The molecule has 106 valence electrons. The van der Waals surface area contributed by atoms with Crippen molar-refractivity contribution in [3.8, 4) is 11.5 Å². The van der Waals surface area contributed by atoms with Crippen LogP contribution in [-0.4, -0.2) is 10.2 Å². The summed E-state index contributed by atoms with van der Waals surface area (Å²) in [5.41, 5.74) is 1.76. The molecule has 4 heteroatoms. The van der Waals surface area contributed by atoms with Gasteiger partial charge in [0.05, 0.1) is 0 Å². The Morgan fingerprint density at radius 2 is 1.35 bits per heavy atom. The van der Waals surface area contributed by atoms with Crippen molar-refractivity contribution in [1.29, 1.82) is 0 Å². The molecule has 2 aromatic rings. The van der Waals surface area contributed by atoms with Crippen molar-refractivity contribution in [3.63, 3.8) is 0 Å². The van der Waals surface area contributed by atoms with E-state index < -0.39 is 0 Å². The van der Waals surface area contributed by atoms with Gasteiger partial charge in [0.1, 0.15) is 17.3 Å². The monoisotopic (exact) mass is 275 g/mol. The van der Waals surface area contributed by atoms with Crippen LogP contribution < -0.4 is 5.32 Å². The minimum absolute atomic E-state index is 0.0232. The Labute approximate surface area is 117 Å². The second-order valence-corrected chi connectivity index (χ2v) is 4.94. The van der Waals surface area contributed by atoms with E-state index in [-0.39, 0.29) is 29.4 Å². The number of nitrogens with one attached hydrogen (secondary N) is 1. The molecule has 0 aliphatic rings. The fourth-order valence-electron chi connectivity index (χ4n) is 2.19. The molecule has 20 heavy (non-hydrogen) atoms. The fourth-order valence-corrected chi connectivity index (χ4v) is 2.19. The van der Waals surface area contributed by atoms with E-state index in [1.54, 1.807) is 24.3 Å². The molecule has 0 aliphatic heterocycles. The fraction of sp³-hybridized carbons (Fsp3) is 0.250. The molecule has 0 saturated heterocycles. The van der Waals surface area contributed by atoms with Gasteiger partial charge in [0.25, 0.3) is 0 Å². The maximum absolute atomic E-state index is 12.9. The molecule has 3 nitrogen and oxygen atoms in total. The van der Waals surface area contributed by atoms with E-state index in [0.29, 0.717) is 0 Å². The van der Waals surface area contributed by atoms with Crippen LogP contribution in [0.3, 0.4) is 0 Å². The Hall–Kier alpha value is -2.07. The van der Waals surface area contributed by atoms with Gasteiger partial charge < -0.3 is 15.5 Å². The van der Waals surface area contributed by atoms with E-state index >= 15 is 0 Å². The highest BCUT2D eigenvalue weighted by molar-refractivity contribution is 5.38. The highest BCUT2D eigenvalue weighted by Gasteiger charge is 2.12. The van der Waals surface area contributed by atoms with Crippen LogP contribution in [0.25, 0.3) is 0 Å². The average molecular weight is 275 g/mol. The Kier molecular flexibility index (Phi) is 4.25. The SMILES string of the molecule is CC(N[C@H](C)c1ccc(F)cc1)c1cc(O)cc(O)c1. The van der Waals surface area contributed by atoms with Gasteiger partial charge in [-0.3, -0.25) is 0 Å². The number of benzene rings is 2. The first-order chi connectivity index (χ1) is 9.45. The lowest BCUT2D eigenvalue weighted by atomic mass is 10.0. The van der Waals surface area contributed by atoms with Crippen LogP contribution in [0, 0.1) is 5.82 Å². The maximum atomic E-state index is 12.9. The van der Waals surface area contributed by atoms with Gasteiger partial charge in [-0.2, -0.15) is 0 Å². The van der Waals surface area contributed by atoms with E-state index in [0.717, 1.165) is 11.1 Å². The molecule has 2 aromatic carbocycles. The van der Waals surface area contributed by atoms with Crippen molar-refractivity contribution in [3.05, 3.63) is 59.4 Å². The molecule has 1 unspecified atom stereocenters. The molecule has 2 rings (SSSR count). The number of hydrogen-bond donors (Lipinski definition) is 3. The molecule has 0 aromatic heterocycles. The number of phenolic OH excluding ortho intramolecular Hbond substituents is 2. The summed E-state index contributed by atoms with van der Waals surface area (Å²) in [6, 6.07) is 10.8. The predicted molar refractivity (Wildman–Crippen MR) is 76.1 cm³/mol. The highest BCUT2D eigenvalue weighted by atomic mass is 19.1. The first-order valence-electron chi connectivity index (χ1n) is 6.50. The lowest BCUT2D eigenvalue weighted by Crippen LogP contribution is -2.22. The van der Waals surface area contributed by atoms with Crippen LogP contribution in [0.4, 0.5) is 4.39 Å². The van der Waals surface area contributed by atoms with Crippen LogP contribution in [0.5, 0.6) is 11.5 Å². The van der Waals surface area contributed by atoms with Gasteiger partial charge in [0.15, 0.2) is 0 Å². The summed E-state index contributed by atoms with van der Waals surface area (Å²) in [7, 11) is 0. The topological polar surface area (TPSA) is 52.5 Å². The third-order valence-electron chi connectivity index (χ3n) is 3.29. The summed E-state index contributed by atoms with van der Waals surface area (Å²) < 4.78 is 12.9. The molecule has 0 bridgehead atoms. The quantitative estimate of drug-likeness (QED) is 0.798. The van der Waals surface area contributed by atoms with Crippen LogP contribution in [0.1, 0.15) is 37.1 Å². The van der Waals surface area contributed by atoms with Crippen molar-refractivity contribution in [1.82, 2.24) is 5.32 Å². The molecule has 0 radical (unpaired) electrons. The van der Waals surface area contributed by atoms with E-state index in [1.165, 1.54) is 18.2 Å². The summed E-state index contributed by atoms with van der Waals surface area (Å²) >= 11 is 0. The maximum Gasteiger partial charge on any atom is 0.123 e. The minimum atomic E-state index is -0.257. The summed E-state index contributed by atoms with van der Waals surface area (Å²) in [6.45, 7) is 3.92. The van der Waals surface area contributed by atoms with E-state index in [2.05, 4.69) is 5.32 Å². The van der Waals surface area contributed by atoms with Gasteiger partial charge in [-0.25, -0.2) is 4.39 Å². The Morgan fingerprint density at radius 3 is 1.90 bits per heavy atom. The van der Waals surface area contributed by atoms with Gasteiger partial charge in [0.2, 0.25) is 0 Å². The first-order valence-corrected chi connectivity index (χ1v) is 6.50. The van der Waals surface area contributed by atoms with E-state index in [1.807, 2.05) is 13.8 Å². The van der Waals surface area contributed by atoms with Gasteiger partial charge in [-0.15, -0.1) is 0 Å². The number of hydrogen-bond acceptors (Lipinski definition) is 3. The normalized spacial score (nSPS) is 13.9. The lowest BCUT2D eigenvalue weighted by molar-refractivity contribution is 0.442. The zero-order valence-corrected chi connectivity index (χ0v) is 11.5. The number of aromatic hydroxyl groups is 2. The Balaban J connectivity index is 2.10. The van der Waals surface area contributed by atoms with Gasteiger partial charge >= 0.3 is 0 Å². The molecule has 0 aliphatic carbocycles. The zero-order valence-electron chi connectivity index (χ0n) is 11.5. The van der Waals surface area contributed by atoms with E-state index in [4.69, 9.17) is 0 Å². The predicted octanol–water partition coefficient (Wildman–Crippen LogP) is 3.65. The number of phenols is 2. The molecule has 0 spiro atoms. The molecular weight excluding hydrogens is 257 g/mol. The molecule has 0 amide bonds. The zero-order chi connectivity index (χ0) is 14.7. The Morgan fingerprint density at radius 1 is 0.850 bits per heavy atom. The molecule has 0 saturated carbocycles. The summed E-state index contributed by atoms with van der Waals surface area (Å²) in [5.74, 6) is -0.196. The van der Waals surface area contributed by atoms with Crippen LogP contribution in [-0.2, 0) is 0 Å². The van der Waals surface area contributed by atoms with Gasteiger partial charge in [-0.05, 0) is 49.2 Å². The third-order valence-corrected chi connectivity index (χ3v) is 3.29. The van der Waals surface area contributed by atoms with Crippen LogP contribution >= 0.6 is 0 Å². The van der Waals surface area contributed by atoms with Crippen molar-refractivity contribution >= 4 is 0 Å². The highest BCUT2D eigenvalue weighted by Crippen LogP contribution is 2.26. The molecule has 2 atom stereocenters. The minimum Gasteiger partial charge on any atom is -0.508 e. The summed E-state index contributed by atoms with van der Waals surface area (Å²) in [5, 5.41) is 22.3. The Bertz CT molecular complexity index is 563. The average Bonchev–Trinajstić information content (AvgIpc) is 2.38. The molecule has 0 fully saturated rings.